The Morgan fingerprint density at radius 1 is 1.05 bits per heavy atom. The molecule has 0 atom stereocenters. The number of amides is 1. The molecule has 0 bridgehead atoms. The van der Waals surface area contributed by atoms with Gasteiger partial charge in [0.15, 0.2) is 0 Å². The monoisotopic (exact) mass is 282 g/mol. The molecule has 1 aromatic carbocycles. The summed E-state index contributed by atoms with van der Waals surface area (Å²) in [6.07, 6.45) is 1.56. The molecule has 0 N–H and O–H groups in total. The van der Waals surface area contributed by atoms with Crippen LogP contribution in [0.15, 0.2) is 36.4 Å². The number of nitrogens with zero attached hydrogens (tertiary/aromatic N) is 2. The first-order valence-corrected chi connectivity index (χ1v) is 7.62. The number of hydrogen-bond acceptors (Lipinski definition) is 1. The smallest absolute Gasteiger partial charge is 0.224 e. The summed E-state index contributed by atoms with van der Waals surface area (Å²) in [4.78, 5) is 14.4. The van der Waals surface area contributed by atoms with Crippen LogP contribution in [0.1, 0.15) is 28.9 Å². The average molecular weight is 282 g/mol. The van der Waals surface area contributed by atoms with Crippen molar-refractivity contribution in [2.75, 3.05) is 6.54 Å². The second-order valence-corrected chi connectivity index (χ2v) is 5.85. The molecule has 0 fully saturated rings. The molecule has 3 heteroatoms. The lowest BCUT2D eigenvalue weighted by Crippen LogP contribution is -2.36. The first-order valence-electron chi connectivity index (χ1n) is 7.62. The quantitative estimate of drug-likeness (QED) is 0.849. The van der Waals surface area contributed by atoms with Crippen molar-refractivity contribution < 1.29 is 4.79 Å². The van der Waals surface area contributed by atoms with E-state index in [4.69, 9.17) is 0 Å². The van der Waals surface area contributed by atoms with Crippen LogP contribution in [0.5, 0.6) is 0 Å². The zero-order valence-corrected chi connectivity index (χ0v) is 12.8. The Balaban J connectivity index is 1.62. The Morgan fingerprint density at radius 3 is 2.43 bits per heavy atom. The van der Waals surface area contributed by atoms with Crippen molar-refractivity contribution in [2.24, 2.45) is 0 Å². The fourth-order valence-electron chi connectivity index (χ4n) is 3.13. The van der Waals surface area contributed by atoms with Crippen LogP contribution in [-0.4, -0.2) is 21.9 Å². The van der Waals surface area contributed by atoms with Crippen molar-refractivity contribution in [3.8, 4) is 0 Å². The highest BCUT2D eigenvalue weighted by Crippen LogP contribution is 2.19. The number of benzene rings is 1. The van der Waals surface area contributed by atoms with Crippen molar-refractivity contribution >= 4 is 5.91 Å². The van der Waals surface area contributed by atoms with Crippen molar-refractivity contribution in [3.63, 3.8) is 0 Å². The molecular weight excluding hydrogens is 260 g/mol. The van der Waals surface area contributed by atoms with Crippen molar-refractivity contribution in [1.29, 1.82) is 0 Å². The first kappa shape index (κ1) is 13.9. The summed E-state index contributed by atoms with van der Waals surface area (Å²) in [5.74, 6) is 0.261. The fourth-order valence-corrected chi connectivity index (χ4v) is 3.13. The van der Waals surface area contributed by atoms with Gasteiger partial charge in [-0.2, -0.15) is 0 Å². The topological polar surface area (TPSA) is 25.2 Å². The van der Waals surface area contributed by atoms with Crippen LogP contribution in [0.4, 0.5) is 0 Å². The van der Waals surface area contributed by atoms with Gasteiger partial charge in [-0.3, -0.25) is 4.79 Å². The van der Waals surface area contributed by atoms with Gasteiger partial charge in [-0.25, -0.2) is 0 Å². The van der Waals surface area contributed by atoms with Crippen LogP contribution >= 0.6 is 0 Å². The molecule has 0 saturated heterocycles. The van der Waals surface area contributed by atoms with E-state index in [0.29, 0.717) is 6.42 Å². The van der Waals surface area contributed by atoms with Crippen LogP contribution in [-0.2, 0) is 24.3 Å². The van der Waals surface area contributed by atoms with Crippen LogP contribution in [0.2, 0.25) is 0 Å². The minimum Gasteiger partial charge on any atom is -0.349 e. The van der Waals surface area contributed by atoms with Crippen molar-refractivity contribution in [3.05, 3.63) is 58.9 Å². The van der Waals surface area contributed by atoms with Crippen LogP contribution in [0.25, 0.3) is 0 Å². The zero-order valence-electron chi connectivity index (χ0n) is 12.8. The van der Waals surface area contributed by atoms with E-state index in [0.717, 1.165) is 26.1 Å². The highest BCUT2D eigenvalue weighted by molar-refractivity contribution is 5.76. The van der Waals surface area contributed by atoms with E-state index < -0.39 is 0 Å². The van der Waals surface area contributed by atoms with E-state index in [1.165, 1.54) is 22.5 Å². The molecule has 0 unspecified atom stereocenters. The van der Waals surface area contributed by atoms with Gasteiger partial charge in [0.05, 0.1) is 0 Å². The van der Waals surface area contributed by atoms with Crippen LogP contribution in [0.3, 0.4) is 0 Å². The summed E-state index contributed by atoms with van der Waals surface area (Å²) < 4.78 is 2.22. The molecule has 2 heterocycles. The van der Waals surface area contributed by atoms with E-state index in [9.17, 15) is 4.79 Å². The van der Waals surface area contributed by atoms with Crippen molar-refractivity contribution in [2.45, 2.75) is 39.8 Å². The second kappa shape index (κ2) is 5.76. The standard InChI is InChI=1S/C18H22N2O/c1-14-7-8-15(2)20(14)12-10-18(21)19-11-9-16-5-3-4-6-17(16)13-19/h3-8H,9-13H2,1-2H3. The predicted molar refractivity (Wildman–Crippen MR) is 84.1 cm³/mol. The van der Waals surface area contributed by atoms with Gasteiger partial charge in [0, 0.05) is 37.4 Å². The summed E-state index contributed by atoms with van der Waals surface area (Å²) in [6, 6.07) is 12.7. The number of fused-ring (bicyclic) bond motifs is 1. The maximum Gasteiger partial charge on any atom is 0.224 e. The number of carbonyl (C=O) groups is 1. The van der Waals surface area contributed by atoms with Gasteiger partial charge in [-0.15, -0.1) is 0 Å². The highest BCUT2D eigenvalue weighted by atomic mass is 16.2. The van der Waals surface area contributed by atoms with E-state index in [2.05, 4.69) is 54.8 Å². The summed E-state index contributed by atoms with van der Waals surface area (Å²) in [7, 11) is 0. The third kappa shape index (κ3) is 2.87. The Morgan fingerprint density at radius 2 is 1.71 bits per heavy atom. The Bertz CT molecular complexity index is 637. The Hall–Kier alpha value is -2.03. The highest BCUT2D eigenvalue weighted by Gasteiger charge is 2.20. The number of carbonyl (C=O) groups excluding carboxylic acids is 1. The van der Waals surface area contributed by atoms with Gasteiger partial charge in [-0.05, 0) is 43.5 Å². The molecule has 2 aromatic rings. The van der Waals surface area contributed by atoms with E-state index >= 15 is 0 Å². The molecule has 1 amide bonds. The lowest BCUT2D eigenvalue weighted by atomic mass is 10.00. The molecule has 1 aliphatic heterocycles. The molecule has 3 rings (SSSR count). The maximum absolute atomic E-state index is 12.4. The third-order valence-electron chi connectivity index (χ3n) is 4.45. The molecule has 3 nitrogen and oxygen atoms in total. The average Bonchev–Trinajstić information content (AvgIpc) is 2.83. The van der Waals surface area contributed by atoms with E-state index in [1.54, 1.807) is 0 Å². The molecular formula is C18H22N2O. The summed E-state index contributed by atoms with van der Waals surface area (Å²) in [5, 5.41) is 0. The molecule has 110 valence electrons. The lowest BCUT2D eigenvalue weighted by Gasteiger charge is -2.29. The molecule has 0 saturated carbocycles. The Labute approximate surface area is 126 Å². The number of aryl methyl sites for hydroxylation is 2. The minimum atomic E-state index is 0.261. The summed E-state index contributed by atoms with van der Waals surface area (Å²) in [6.45, 7) is 6.57. The SMILES string of the molecule is Cc1ccc(C)n1CCC(=O)N1CCc2ccccc2C1. The van der Waals surface area contributed by atoms with Crippen LogP contribution in [0, 0.1) is 13.8 Å². The molecule has 1 aliphatic rings. The second-order valence-electron chi connectivity index (χ2n) is 5.85. The van der Waals surface area contributed by atoms with Crippen LogP contribution < -0.4 is 0 Å². The molecule has 0 radical (unpaired) electrons. The molecule has 21 heavy (non-hydrogen) atoms. The van der Waals surface area contributed by atoms with Gasteiger partial charge >= 0.3 is 0 Å². The number of aromatic nitrogens is 1. The normalized spacial score (nSPS) is 14.1. The Kier molecular flexibility index (Phi) is 3.82. The zero-order chi connectivity index (χ0) is 14.8. The van der Waals surface area contributed by atoms with Gasteiger partial charge in [-0.1, -0.05) is 24.3 Å². The van der Waals surface area contributed by atoms with E-state index in [1.807, 2.05) is 4.90 Å². The minimum absolute atomic E-state index is 0.261. The number of rotatable bonds is 3. The third-order valence-corrected chi connectivity index (χ3v) is 4.45. The predicted octanol–water partition coefficient (Wildman–Crippen LogP) is 3.08. The fraction of sp³-hybridized carbons (Fsp3) is 0.389. The molecule has 0 spiro atoms. The maximum atomic E-state index is 12.4. The van der Waals surface area contributed by atoms with Gasteiger partial charge < -0.3 is 9.47 Å². The van der Waals surface area contributed by atoms with Gasteiger partial charge in [0.2, 0.25) is 5.91 Å². The lowest BCUT2D eigenvalue weighted by molar-refractivity contribution is -0.132. The molecule has 0 aliphatic carbocycles. The summed E-state index contributed by atoms with van der Waals surface area (Å²) in [5.41, 5.74) is 5.14. The summed E-state index contributed by atoms with van der Waals surface area (Å²) >= 11 is 0. The number of hydrogen-bond donors (Lipinski definition) is 0. The van der Waals surface area contributed by atoms with Gasteiger partial charge in [0.1, 0.15) is 0 Å². The van der Waals surface area contributed by atoms with E-state index in [-0.39, 0.29) is 5.91 Å². The van der Waals surface area contributed by atoms with Gasteiger partial charge in [0.25, 0.3) is 0 Å². The largest absolute Gasteiger partial charge is 0.349 e. The molecule has 1 aromatic heterocycles. The first-order chi connectivity index (χ1) is 10.1. The van der Waals surface area contributed by atoms with Crippen molar-refractivity contribution in [1.82, 2.24) is 9.47 Å².